The molecule has 0 N–H and O–H groups in total. The van der Waals surface area contributed by atoms with Crippen LogP contribution in [0.4, 0.5) is 0 Å². The van der Waals surface area contributed by atoms with E-state index < -0.39 is 0 Å². The van der Waals surface area contributed by atoms with Gasteiger partial charge in [0.2, 0.25) is 5.91 Å². The van der Waals surface area contributed by atoms with Crippen molar-refractivity contribution < 1.29 is 4.79 Å². The number of carbonyl (C=O) groups excluding carboxylic acids is 1. The van der Waals surface area contributed by atoms with E-state index >= 15 is 0 Å². The van der Waals surface area contributed by atoms with Gasteiger partial charge in [0, 0.05) is 39.0 Å². The molecule has 1 aromatic heterocycles. The van der Waals surface area contributed by atoms with E-state index in [-0.39, 0.29) is 5.91 Å². The Bertz CT molecular complexity index is 397. The van der Waals surface area contributed by atoms with E-state index in [9.17, 15) is 4.79 Å². The number of likely N-dealkylation sites (N-methyl/N-ethyl adjacent to an activating group) is 1. The number of fused-ring (bicyclic) bond motifs is 1. The molecule has 0 aromatic carbocycles. The summed E-state index contributed by atoms with van der Waals surface area (Å²) in [7, 11) is 1.82. The van der Waals surface area contributed by atoms with Gasteiger partial charge in [-0.15, -0.1) is 0 Å². The van der Waals surface area contributed by atoms with Gasteiger partial charge in [-0.1, -0.05) is 6.58 Å². The number of carbonyl (C=O) groups is 1. The van der Waals surface area contributed by atoms with E-state index in [2.05, 4.69) is 16.1 Å². The Balaban J connectivity index is 1.94. The van der Waals surface area contributed by atoms with Crippen LogP contribution in [-0.2, 0) is 17.8 Å². The highest BCUT2D eigenvalue weighted by molar-refractivity contribution is 5.86. The monoisotopic (exact) mass is 219 g/mol. The Kier molecular flexibility index (Phi) is 3.08. The highest BCUT2D eigenvalue weighted by Gasteiger charge is 2.21. The van der Waals surface area contributed by atoms with Gasteiger partial charge in [-0.3, -0.25) is 4.79 Å². The molecule has 0 bridgehead atoms. The first-order valence-corrected chi connectivity index (χ1v) is 5.58. The van der Waals surface area contributed by atoms with Gasteiger partial charge in [0.05, 0.1) is 0 Å². The van der Waals surface area contributed by atoms with Crippen molar-refractivity contribution in [3.8, 4) is 0 Å². The largest absolute Gasteiger partial charge is 0.342 e. The minimum Gasteiger partial charge on any atom is -0.342 e. The Hall–Kier alpha value is -1.58. The maximum atomic E-state index is 11.4. The molecule has 1 aliphatic rings. The Labute approximate surface area is 95.6 Å². The average Bonchev–Trinajstić information content (AvgIpc) is 2.75. The summed E-state index contributed by atoms with van der Waals surface area (Å²) in [6, 6.07) is 0. The first kappa shape index (κ1) is 10.9. The van der Waals surface area contributed by atoms with Gasteiger partial charge in [-0.05, 0) is 18.4 Å². The van der Waals surface area contributed by atoms with Crippen LogP contribution in [0.15, 0.2) is 25.0 Å². The van der Waals surface area contributed by atoms with Gasteiger partial charge in [-0.25, -0.2) is 4.98 Å². The number of aryl methyl sites for hydroxylation is 1. The molecule has 4 heteroatoms. The van der Waals surface area contributed by atoms with Crippen molar-refractivity contribution in [2.45, 2.75) is 19.4 Å². The van der Waals surface area contributed by atoms with E-state index in [1.54, 1.807) is 4.90 Å². The highest BCUT2D eigenvalue weighted by Crippen LogP contribution is 2.19. The van der Waals surface area contributed by atoms with Gasteiger partial charge in [0.15, 0.2) is 0 Å². The SMILES string of the molecule is C=CC(=O)N(C)CC1CCn2ccnc2C1. The zero-order chi connectivity index (χ0) is 11.5. The van der Waals surface area contributed by atoms with E-state index in [0.717, 1.165) is 31.8 Å². The summed E-state index contributed by atoms with van der Waals surface area (Å²) >= 11 is 0. The number of aromatic nitrogens is 2. The first-order valence-electron chi connectivity index (χ1n) is 5.58. The smallest absolute Gasteiger partial charge is 0.245 e. The van der Waals surface area contributed by atoms with Crippen LogP contribution in [0, 0.1) is 5.92 Å². The van der Waals surface area contributed by atoms with E-state index in [4.69, 9.17) is 0 Å². The lowest BCUT2D eigenvalue weighted by Gasteiger charge is -2.27. The Morgan fingerprint density at radius 3 is 3.38 bits per heavy atom. The van der Waals surface area contributed by atoms with Crippen LogP contribution >= 0.6 is 0 Å². The van der Waals surface area contributed by atoms with Crippen LogP contribution in [-0.4, -0.2) is 34.0 Å². The van der Waals surface area contributed by atoms with Crippen LogP contribution in [0.3, 0.4) is 0 Å². The number of hydrogen-bond donors (Lipinski definition) is 0. The molecule has 4 nitrogen and oxygen atoms in total. The van der Waals surface area contributed by atoms with E-state index in [1.807, 2.05) is 19.4 Å². The van der Waals surface area contributed by atoms with Crippen molar-refractivity contribution in [1.82, 2.24) is 14.5 Å². The van der Waals surface area contributed by atoms with Gasteiger partial charge >= 0.3 is 0 Å². The summed E-state index contributed by atoms with van der Waals surface area (Å²) < 4.78 is 2.19. The lowest BCUT2D eigenvalue weighted by molar-refractivity contribution is -0.125. The molecule has 1 atom stereocenters. The molecule has 0 saturated heterocycles. The van der Waals surface area contributed by atoms with Crippen molar-refractivity contribution >= 4 is 5.91 Å². The summed E-state index contributed by atoms with van der Waals surface area (Å²) in [6.07, 6.45) is 7.30. The summed E-state index contributed by atoms with van der Waals surface area (Å²) in [6.45, 7) is 5.29. The second-order valence-electron chi connectivity index (χ2n) is 4.32. The van der Waals surface area contributed by atoms with Gasteiger partial charge in [-0.2, -0.15) is 0 Å². The van der Waals surface area contributed by atoms with Gasteiger partial charge in [0.25, 0.3) is 0 Å². The van der Waals surface area contributed by atoms with Crippen molar-refractivity contribution in [1.29, 1.82) is 0 Å². The second-order valence-corrected chi connectivity index (χ2v) is 4.32. The third kappa shape index (κ3) is 2.15. The number of hydrogen-bond acceptors (Lipinski definition) is 2. The van der Waals surface area contributed by atoms with Crippen molar-refractivity contribution in [2.75, 3.05) is 13.6 Å². The zero-order valence-electron chi connectivity index (χ0n) is 9.59. The van der Waals surface area contributed by atoms with Crippen LogP contribution in [0.25, 0.3) is 0 Å². The quantitative estimate of drug-likeness (QED) is 0.714. The minimum atomic E-state index is -0.00563. The predicted octanol–water partition coefficient (Wildman–Crippen LogP) is 1.09. The predicted molar refractivity (Wildman–Crippen MR) is 61.9 cm³/mol. The van der Waals surface area contributed by atoms with Crippen LogP contribution in [0.2, 0.25) is 0 Å². The number of rotatable bonds is 3. The number of nitrogens with zero attached hydrogens (tertiary/aromatic N) is 3. The fourth-order valence-corrected chi connectivity index (χ4v) is 2.20. The molecule has 16 heavy (non-hydrogen) atoms. The Morgan fingerprint density at radius 1 is 1.81 bits per heavy atom. The molecular formula is C12H17N3O. The molecular weight excluding hydrogens is 202 g/mol. The topological polar surface area (TPSA) is 38.1 Å². The number of amides is 1. The molecule has 0 radical (unpaired) electrons. The molecule has 1 amide bonds. The molecule has 0 saturated carbocycles. The third-order valence-electron chi connectivity index (χ3n) is 3.13. The molecule has 86 valence electrons. The van der Waals surface area contributed by atoms with Crippen molar-refractivity contribution in [3.63, 3.8) is 0 Å². The molecule has 0 spiro atoms. The molecule has 1 aromatic rings. The highest BCUT2D eigenvalue weighted by atomic mass is 16.2. The van der Waals surface area contributed by atoms with Gasteiger partial charge < -0.3 is 9.47 Å². The summed E-state index contributed by atoms with van der Waals surface area (Å²) in [4.78, 5) is 17.4. The summed E-state index contributed by atoms with van der Waals surface area (Å²) in [5, 5.41) is 0. The van der Waals surface area contributed by atoms with Crippen molar-refractivity contribution in [3.05, 3.63) is 30.9 Å². The second kappa shape index (κ2) is 4.51. The van der Waals surface area contributed by atoms with Crippen LogP contribution in [0.1, 0.15) is 12.2 Å². The zero-order valence-corrected chi connectivity index (χ0v) is 9.59. The van der Waals surface area contributed by atoms with Crippen LogP contribution in [0.5, 0.6) is 0 Å². The van der Waals surface area contributed by atoms with E-state index in [1.165, 1.54) is 6.08 Å². The number of imidazole rings is 1. The molecule has 1 unspecified atom stereocenters. The van der Waals surface area contributed by atoms with E-state index in [0.29, 0.717) is 5.92 Å². The lowest BCUT2D eigenvalue weighted by Crippen LogP contribution is -2.33. The standard InChI is InChI=1S/C12H17N3O/c1-3-12(16)14(2)9-10-4-6-15-7-5-13-11(15)8-10/h3,5,7,10H,1,4,6,8-9H2,2H3. The maximum Gasteiger partial charge on any atom is 0.245 e. The average molecular weight is 219 g/mol. The minimum absolute atomic E-state index is 0.00563. The van der Waals surface area contributed by atoms with Crippen molar-refractivity contribution in [2.24, 2.45) is 5.92 Å². The maximum absolute atomic E-state index is 11.4. The molecule has 1 aliphatic heterocycles. The first-order chi connectivity index (χ1) is 7.70. The Morgan fingerprint density at radius 2 is 2.62 bits per heavy atom. The molecule has 0 aliphatic carbocycles. The summed E-state index contributed by atoms with van der Waals surface area (Å²) in [5.74, 6) is 1.65. The molecule has 0 fully saturated rings. The third-order valence-corrected chi connectivity index (χ3v) is 3.13. The van der Waals surface area contributed by atoms with Gasteiger partial charge in [0.1, 0.15) is 5.82 Å². The molecule has 2 rings (SSSR count). The molecule has 2 heterocycles. The summed E-state index contributed by atoms with van der Waals surface area (Å²) in [5.41, 5.74) is 0. The lowest BCUT2D eigenvalue weighted by atomic mass is 9.97. The van der Waals surface area contributed by atoms with Crippen LogP contribution < -0.4 is 0 Å². The fourth-order valence-electron chi connectivity index (χ4n) is 2.20. The normalized spacial score (nSPS) is 18.9. The fraction of sp³-hybridized carbons (Fsp3) is 0.500.